The van der Waals surface area contributed by atoms with Gasteiger partial charge in [0.15, 0.2) is 0 Å². The van der Waals surface area contributed by atoms with Gasteiger partial charge < -0.3 is 5.32 Å². The van der Waals surface area contributed by atoms with Crippen molar-refractivity contribution in [1.29, 1.82) is 0 Å². The van der Waals surface area contributed by atoms with Crippen molar-refractivity contribution in [2.45, 2.75) is 52.0 Å². The molecule has 0 spiro atoms. The van der Waals surface area contributed by atoms with Crippen LogP contribution < -0.4 is 5.32 Å². The second-order valence-corrected chi connectivity index (χ2v) is 7.28. The summed E-state index contributed by atoms with van der Waals surface area (Å²) >= 11 is 1.83. The molecule has 1 aliphatic carbocycles. The van der Waals surface area contributed by atoms with Crippen molar-refractivity contribution in [3.05, 3.63) is 34.5 Å². The number of aromatic nitrogens is 2. The maximum absolute atomic E-state index is 4.94. The van der Waals surface area contributed by atoms with Crippen molar-refractivity contribution in [2.24, 2.45) is 0 Å². The van der Waals surface area contributed by atoms with E-state index in [1.165, 1.54) is 35.4 Å². The molecule has 2 heterocycles. The number of rotatable bonds is 4. The van der Waals surface area contributed by atoms with Gasteiger partial charge in [0.2, 0.25) is 0 Å². The lowest BCUT2D eigenvalue weighted by Gasteiger charge is -2.22. The van der Waals surface area contributed by atoms with Crippen LogP contribution in [0.25, 0.3) is 10.7 Å². The zero-order valence-corrected chi connectivity index (χ0v) is 13.8. The van der Waals surface area contributed by atoms with Gasteiger partial charge in [-0.25, -0.2) is 4.98 Å². The third-order valence-electron chi connectivity index (χ3n) is 3.98. The van der Waals surface area contributed by atoms with Gasteiger partial charge in [0.05, 0.1) is 11.4 Å². The fourth-order valence-electron chi connectivity index (χ4n) is 2.85. The smallest absolute Gasteiger partial charge is 0.142 e. The lowest BCUT2D eigenvalue weighted by Crippen LogP contribution is -2.29. The van der Waals surface area contributed by atoms with Gasteiger partial charge in [-0.05, 0) is 43.9 Å². The minimum Gasteiger partial charge on any atom is -0.314 e. The maximum Gasteiger partial charge on any atom is 0.142 e. The van der Waals surface area contributed by atoms with Gasteiger partial charge in [0.1, 0.15) is 5.01 Å². The summed E-state index contributed by atoms with van der Waals surface area (Å²) in [7, 11) is 0. The van der Waals surface area contributed by atoms with Crippen LogP contribution in [-0.2, 0) is 6.42 Å². The van der Waals surface area contributed by atoms with Crippen LogP contribution >= 0.6 is 11.3 Å². The molecule has 1 unspecified atom stereocenters. The van der Waals surface area contributed by atoms with E-state index in [0.29, 0.717) is 12.0 Å². The molecule has 1 aliphatic rings. The molecule has 0 bridgehead atoms. The average Bonchev–Trinajstić information content (AvgIpc) is 2.89. The van der Waals surface area contributed by atoms with Crippen molar-refractivity contribution in [2.75, 3.05) is 6.54 Å². The van der Waals surface area contributed by atoms with E-state index in [2.05, 4.69) is 37.1 Å². The minimum atomic E-state index is 0.534. The van der Waals surface area contributed by atoms with Crippen LogP contribution in [-0.4, -0.2) is 22.6 Å². The topological polar surface area (TPSA) is 37.8 Å². The predicted molar refractivity (Wildman–Crippen MR) is 88.9 cm³/mol. The summed E-state index contributed by atoms with van der Waals surface area (Å²) in [5.41, 5.74) is 3.58. The van der Waals surface area contributed by atoms with Crippen LogP contribution in [0.15, 0.2) is 18.3 Å². The Morgan fingerprint density at radius 2 is 2.29 bits per heavy atom. The number of thiazole rings is 1. The number of nitrogens with one attached hydrogen (secondary N) is 1. The monoisotopic (exact) mass is 301 g/mol. The van der Waals surface area contributed by atoms with Crippen molar-refractivity contribution < 1.29 is 0 Å². The van der Waals surface area contributed by atoms with Gasteiger partial charge in [-0.15, -0.1) is 11.3 Å². The van der Waals surface area contributed by atoms with Crippen LogP contribution in [0.1, 0.15) is 48.7 Å². The quantitative estimate of drug-likeness (QED) is 0.929. The molecule has 2 aromatic rings. The third kappa shape index (κ3) is 3.33. The summed E-state index contributed by atoms with van der Waals surface area (Å²) in [6.07, 6.45) is 5.58. The van der Waals surface area contributed by atoms with Crippen LogP contribution in [0.2, 0.25) is 0 Å². The molecule has 112 valence electrons. The second kappa shape index (κ2) is 6.24. The normalized spacial score (nSPS) is 18.0. The summed E-state index contributed by atoms with van der Waals surface area (Å²) in [4.78, 5) is 10.9. The SMILES string of the molecule is Cc1ccnc(-c2nc3c(s2)CCCC3CNC(C)C)c1. The largest absolute Gasteiger partial charge is 0.314 e. The first-order valence-electron chi connectivity index (χ1n) is 7.79. The van der Waals surface area contributed by atoms with E-state index in [4.69, 9.17) is 4.98 Å². The number of nitrogens with zero attached hydrogens (tertiary/aromatic N) is 2. The molecule has 0 aliphatic heterocycles. The molecule has 0 fully saturated rings. The Morgan fingerprint density at radius 3 is 3.05 bits per heavy atom. The highest BCUT2D eigenvalue weighted by Crippen LogP contribution is 2.37. The molecule has 4 heteroatoms. The Bertz CT molecular complexity index is 618. The van der Waals surface area contributed by atoms with Gasteiger partial charge in [-0.2, -0.15) is 0 Å². The highest BCUT2D eigenvalue weighted by atomic mass is 32.1. The Hall–Kier alpha value is -1.26. The minimum absolute atomic E-state index is 0.534. The number of hydrogen-bond acceptors (Lipinski definition) is 4. The van der Waals surface area contributed by atoms with Crippen LogP contribution in [0.5, 0.6) is 0 Å². The zero-order valence-electron chi connectivity index (χ0n) is 13.0. The lowest BCUT2D eigenvalue weighted by atomic mass is 9.91. The Labute approximate surface area is 130 Å². The van der Waals surface area contributed by atoms with Gasteiger partial charge in [-0.1, -0.05) is 13.8 Å². The first kappa shape index (κ1) is 14.7. The molecule has 3 nitrogen and oxygen atoms in total. The second-order valence-electron chi connectivity index (χ2n) is 6.20. The fraction of sp³-hybridized carbons (Fsp3) is 0.529. The van der Waals surface area contributed by atoms with E-state index in [1.807, 2.05) is 23.6 Å². The molecule has 0 saturated carbocycles. The molecule has 3 rings (SSSR count). The zero-order chi connectivity index (χ0) is 14.8. The predicted octanol–water partition coefficient (Wildman–Crippen LogP) is 3.93. The summed E-state index contributed by atoms with van der Waals surface area (Å²) in [5, 5.41) is 4.65. The fourth-order valence-corrected chi connectivity index (χ4v) is 4.00. The molecular weight excluding hydrogens is 278 g/mol. The standard InChI is InChI=1S/C17H23N3S/c1-11(2)19-10-13-5-4-6-15-16(13)20-17(21-15)14-9-12(3)7-8-18-14/h7-9,11,13,19H,4-6,10H2,1-3H3. The van der Waals surface area contributed by atoms with E-state index in [0.717, 1.165) is 17.2 Å². The molecular formula is C17H23N3S. The number of hydrogen-bond donors (Lipinski definition) is 1. The van der Waals surface area contributed by atoms with Gasteiger partial charge in [0, 0.05) is 29.6 Å². The van der Waals surface area contributed by atoms with Gasteiger partial charge >= 0.3 is 0 Å². The number of aryl methyl sites for hydroxylation is 2. The Balaban J connectivity index is 1.87. The summed E-state index contributed by atoms with van der Waals surface area (Å²) in [6.45, 7) is 7.54. The molecule has 0 aromatic carbocycles. The van der Waals surface area contributed by atoms with Crippen molar-refractivity contribution in [1.82, 2.24) is 15.3 Å². The number of fused-ring (bicyclic) bond motifs is 1. The first-order valence-corrected chi connectivity index (χ1v) is 8.61. The molecule has 0 saturated heterocycles. The highest BCUT2D eigenvalue weighted by molar-refractivity contribution is 7.15. The molecule has 21 heavy (non-hydrogen) atoms. The van der Waals surface area contributed by atoms with E-state index in [9.17, 15) is 0 Å². The third-order valence-corrected chi connectivity index (χ3v) is 5.13. The van der Waals surface area contributed by atoms with Gasteiger partial charge in [-0.3, -0.25) is 4.98 Å². The maximum atomic E-state index is 4.94. The van der Waals surface area contributed by atoms with Crippen LogP contribution in [0, 0.1) is 6.92 Å². The van der Waals surface area contributed by atoms with E-state index in [1.54, 1.807) is 0 Å². The van der Waals surface area contributed by atoms with E-state index in [-0.39, 0.29) is 0 Å². The highest BCUT2D eigenvalue weighted by Gasteiger charge is 2.25. The van der Waals surface area contributed by atoms with E-state index < -0.39 is 0 Å². The van der Waals surface area contributed by atoms with Crippen molar-refractivity contribution in [3.63, 3.8) is 0 Å². The summed E-state index contributed by atoms with van der Waals surface area (Å²) in [5.74, 6) is 0.561. The molecule has 0 amide bonds. The molecule has 1 atom stereocenters. The Morgan fingerprint density at radius 1 is 1.43 bits per heavy atom. The van der Waals surface area contributed by atoms with Crippen molar-refractivity contribution >= 4 is 11.3 Å². The van der Waals surface area contributed by atoms with Crippen molar-refractivity contribution in [3.8, 4) is 10.7 Å². The Kier molecular flexibility index (Phi) is 4.36. The number of pyridine rings is 1. The first-order chi connectivity index (χ1) is 10.1. The molecule has 0 radical (unpaired) electrons. The van der Waals surface area contributed by atoms with Crippen LogP contribution in [0.3, 0.4) is 0 Å². The molecule has 2 aromatic heterocycles. The lowest BCUT2D eigenvalue weighted by molar-refractivity contribution is 0.475. The summed E-state index contributed by atoms with van der Waals surface area (Å²) in [6, 6.07) is 4.70. The van der Waals surface area contributed by atoms with Crippen LogP contribution in [0.4, 0.5) is 0 Å². The average molecular weight is 301 g/mol. The van der Waals surface area contributed by atoms with Gasteiger partial charge in [0.25, 0.3) is 0 Å². The van der Waals surface area contributed by atoms with E-state index >= 15 is 0 Å². The molecule has 1 N–H and O–H groups in total. The summed E-state index contributed by atoms with van der Waals surface area (Å²) < 4.78 is 0.